The Morgan fingerprint density at radius 1 is 1.36 bits per heavy atom. The summed E-state index contributed by atoms with van der Waals surface area (Å²) in [6.07, 6.45) is -4.77. The molecule has 8 heteroatoms. The second-order valence-electron chi connectivity index (χ2n) is 2.46. The van der Waals surface area contributed by atoms with Crippen LogP contribution in [0.1, 0.15) is 13.3 Å². The number of nitrogens with one attached hydrogen (secondary N) is 2. The fraction of sp³-hybridized carbons (Fsp3) is 0.667. The van der Waals surface area contributed by atoms with Gasteiger partial charge in [-0.05, 0) is 6.42 Å². The number of hydrogen-bond acceptors (Lipinski definition) is 3. The van der Waals surface area contributed by atoms with Crippen LogP contribution >= 0.6 is 0 Å². The minimum Gasteiger partial charge on any atom is -0.320 e. The molecule has 14 heavy (non-hydrogen) atoms. The lowest BCUT2D eigenvalue weighted by Gasteiger charge is -2.11. The van der Waals surface area contributed by atoms with E-state index in [1.54, 1.807) is 12.3 Å². The molecule has 0 rings (SSSR count). The van der Waals surface area contributed by atoms with Crippen molar-refractivity contribution in [2.75, 3.05) is 0 Å². The number of halogens is 3. The Labute approximate surface area is 77.8 Å². The second-order valence-corrected chi connectivity index (χ2v) is 2.46. The Hall–Kier alpha value is -1.31. The molecule has 0 spiro atoms. The van der Waals surface area contributed by atoms with E-state index in [0.29, 0.717) is 0 Å². The fourth-order valence-corrected chi connectivity index (χ4v) is 0.467. The van der Waals surface area contributed by atoms with Crippen LogP contribution in [-0.2, 0) is 9.59 Å². The van der Waals surface area contributed by atoms with Gasteiger partial charge in [-0.2, -0.15) is 13.2 Å². The molecule has 0 aliphatic rings. The summed E-state index contributed by atoms with van der Waals surface area (Å²) in [5.41, 5.74) is 7.92. The summed E-state index contributed by atoms with van der Waals surface area (Å²) < 4.78 is 34.8. The van der Waals surface area contributed by atoms with E-state index < -0.39 is 24.0 Å². The lowest BCUT2D eigenvalue weighted by molar-refractivity contribution is -0.175. The number of amides is 2. The van der Waals surface area contributed by atoms with Crippen molar-refractivity contribution >= 4 is 11.8 Å². The molecular weight excluding hydrogens is 203 g/mol. The molecule has 2 amide bonds. The molecule has 0 bridgehead atoms. The number of nitrogens with two attached hydrogens (primary N) is 1. The standard InChI is InChI=1S/C6H10F3N3O2/c1-2-3(10)4(13)11-12-5(14)6(7,8)9/h3H,2,10H2,1H3,(H,11,13)(H,12,14)/t3-/m1/s1. The van der Waals surface area contributed by atoms with E-state index in [-0.39, 0.29) is 6.42 Å². The predicted molar refractivity (Wildman–Crippen MR) is 40.6 cm³/mol. The quantitative estimate of drug-likeness (QED) is 0.537. The van der Waals surface area contributed by atoms with Gasteiger partial charge in [0, 0.05) is 0 Å². The second kappa shape index (κ2) is 4.80. The zero-order valence-electron chi connectivity index (χ0n) is 7.31. The molecule has 0 heterocycles. The van der Waals surface area contributed by atoms with Crippen LogP contribution in [0.3, 0.4) is 0 Å². The minimum atomic E-state index is -5.02. The number of carbonyl (C=O) groups excluding carboxylic acids is 2. The van der Waals surface area contributed by atoms with Gasteiger partial charge in [-0.25, -0.2) is 0 Å². The molecule has 1 atom stereocenters. The molecule has 0 saturated heterocycles. The van der Waals surface area contributed by atoms with Gasteiger partial charge >= 0.3 is 12.1 Å². The van der Waals surface area contributed by atoms with E-state index >= 15 is 0 Å². The van der Waals surface area contributed by atoms with Crippen LogP contribution in [0.15, 0.2) is 0 Å². The number of alkyl halides is 3. The van der Waals surface area contributed by atoms with E-state index in [2.05, 4.69) is 0 Å². The van der Waals surface area contributed by atoms with E-state index in [1.165, 1.54) is 5.43 Å². The highest BCUT2D eigenvalue weighted by Crippen LogP contribution is 2.13. The topological polar surface area (TPSA) is 84.2 Å². The van der Waals surface area contributed by atoms with Crippen molar-refractivity contribution in [1.29, 1.82) is 0 Å². The number of rotatable bonds is 2. The van der Waals surface area contributed by atoms with Gasteiger partial charge in [0.05, 0.1) is 6.04 Å². The maximum absolute atomic E-state index is 11.6. The van der Waals surface area contributed by atoms with Gasteiger partial charge in [0.25, 0.3) is 5.91 Å². The summed E-state index contributed by atoms with van der Waals surface area (Å²) in [6.45, 7) is 1.58. The monoisotopic (exact) mass is 213 g/mol. The first kappa shape index (κ1) is 12.7. The van der Waals surface area contributed by atoms with Crippen molar-refractivity contribution in [3.63, 3.8) is 0 Å². The van der Waals surface area contributed by atoms with E-state index in [1.807, 2.05) is 0 Å². The van der Waals surface area contributed by atoms with Crippen molar-refractivity contribution in [2.45, 2.75) is 25.6 Å². The highest BCUT2D eigenvalue weighted by Gasteiger charge is 2.39. The van der Waals surface area contributed by atoms with Gasteiger partial charge < -0.3 is 5.73 Å². The number of hydrogen-bond donors (Lipinski definition) is 3. The lowest BCUT2D eigenvalue weighted by atomic mass is 10.2. The molecule has 0 fully saturated rings. The smallest absolute Gasteiger partial charge is 0.320 e. The number of hydrazine groups is 1. The summed E-state index contributed by atoms with van der Waals surface area (Å²) in [5.74, 6) is -3.11. The Morgan fingerprint density at radius 3 is 2.21 bits per heavy atom. The van der Waals surface area contributed by atoms with Crippen molar-refractivity contribution in [2.24, 2.45) is 5.73 Å². The van der Waals surface area contributed by atoms with Crippen LogP contribution in [0, 0.1) is 0 Å². The van der Waals surface area contributed by atoms with Gasteiger partial charge in [0.2, 0.25) is 0 Å². The third-order valence-electron chi connectivity index (χ3n) is 1.33. The maximum atomic E-state index is 11.6. The summed E-state index contributed by atoms with van der Waals surface area (Å²) >= 11 is 0. The van der Waals surface area contributed by atoms with E-state index in [0.717, 1.165) is 0 Å². The average Bonchev–Trinajstić information content (AvgIpc) is 2.10. The summed E-state index contributed by atoms with van der Waals surface area (Å²) in [5, 5.41) is 0. The zero-order valence-corrected chi connectivity index (χ0v) is 7.31. The Morgan fingerprint density at radius 2 is 1.86 bits per heavy atom. The third kappa shape index (κ3) is 4.08. The summed E-state index contributed by atoms with van der Waals surface area (Å²) in [7, 11) is 0. The highest BCUT2D eigenvalue weighted by molar-refractivity contribution is 5.87. The lowest BCUT2D eigenvalue weighted by Crippen LogP contribution is -2.52. The minimum absolute atomic E-state index is 0.258. The first-order valence-corrected chi connectivity index (χ1v) is 3.71. The Kier molecular flexibility index (Phi) is 4.35. The van der Waals surface area contributed by atoms with Crippen molar-refractivity contribution in [1.82, 2.24) is 10.9 Å². The molecule has 0 saturated carbocycles. The molecule has 0 aromatic heterocycles. The molecule has 0 aromatic carbocycles. The zero-order chi connectivity index (χ0) is 11.4. The molecule has 0 aliphatic heterocycles. The summed E-state index contributed by atoms with van der Waals surface area (Å²) in [4.78, 5) is 21.0. The van der Waals surface area contributed by atoms with E-state index in [4.69, 9.17) is 5.73 Å². The molecule has 0 aromatic rings. The first-order valence-electron chi connectivity index (χ1n) is 3.71. The van der Waals surface area contributed by atoms with Crippen LogP contribution < -0.4 is 16.6 Å². The van der Waals surface area contributed by atoms with Crippen LogP contribution in [0.2, 0.25) is 0 Å². The molecular formula is C6H10F3N3O2. The maximum Gasteiger partial charge on any atom is 0.472 e. The van der Waals surface area contributed by atoms with Crippen molar-refractivity contribution in [3.8, 4) is 0 Å². The Bertz CT molecular complexity index is 229. The van der Waals surface area contributed by atoms with Gasteiger partial charge in [0.1, 0.15) is 0 Å². The highest BCUT2D eigenvalue weighted by atomic mass is 19.4. The average molecular weight is 213 g/mol. The molecule has 0 unspecified atom stereocenters. The van der Waals surface area contributed by atoms with Crippen LogP contribution in [-0.4, -0.2) is 24.0 Å². The largest absolute Gasteiger partial charge is 0.472 e. The molecule has 4 N–H and O–H groups in total. The van der Waals surface area contributed by atoms with Crippen LogP contribution in [0.5, 0.6) is 0 Å². The van der Waals surface area contributed by atoms with Gasteiger partial charge in [-0.1, -0.05) is 6.92 Å². The predicted octanol–water partition coefficient (Wildman–Crippen LogP) is -0.567. The number of carbonyl (C=O) groups is 2. The van der Waals surface area contributed by atoms with Gasteiger partial charge in [0.15, 0.2) is 0 Å². The Balaban J connectivity index is 3.96. The van der Waals surface area contributed by atoms with Gasteiger partial charge in [-0.3, -0.25) is 20.4 Å². The normalized spacial score (nSPS) is 13.2. The van der Waals surface area contributed by atoms with Gasteiger partial charge in [-0.15, -0.1) is 0 Å². The van der Waals surface area contributed by atoms with Crippen molar-refractivity contribution < 1.29 is 22.8 Å². The molecule has 82 valence electrons. The fourth-order valence-electron chi connectivity index (χ4n) is 0.467. The molecule has 0 radical (unpaired) electrons. The van der Waals surface area contributed by atoms with E-state index in [9.17, 15) is 22.8 Å². The van der Waals surface area contributed by atoms with Crippen LogP contribution in [0.25, 0.3) is 0 Å². The van der Waals surface area contributed by atoms with Crippen LogP contribution in [0.4, 0.5) is 13.2 Å². The first-order chi connectivity index (χ1) is 6.29. The molecule has 0 aliphatic carbocycles. The summed E-state index contributed by atoms with van der Waals surface area (Å²) in [6, 6.07) is -0.941. The van der Waals surface area contributed by atoms with Crippen molar-refractivity contribution in [3.05, 3.63) is 0 Å². The molecule has 5 nitrogen and oxygen atoms in total. The third-order valence-corrected chi connectivity index (χ3v) is 1.33. The SMILES string of the molecule is CC[C@@H](N)C(=O)NNC(=O)C(F)(F)F.